The summed E-state index contributed by atoms with van der Waals surface area (Å²) in [5, 5.41) is 0. The predicted molar refractivity (Wildman–Crippen MR) is 174 cm³/mol. The molecule has 0 saturated heterocycles. The van der Waals surface area contributed by atoms with E-state index in [2.05, 4.69) is 129 Å². The number of alkyl halides is 3. The summed E-state index contributed by atoms with van der Waals surface area (Å²) < 4.78 is 40.5. The third kappa shape index (κ3) is 4.35. The maximum atomic E-state index is 13.5. The minimum absolute atomic E-state index is 0.117. The Hall–Kier alpha value is -4.11. The molecule has 222 valence electrons. The van der Waals surface area contributed by atoms with Crippen LogP contribution in [0, 0.1) is 6.92 Å². The monoisotopic (exact) mass is 586 g/mol. The van der Waals surface area contributed by atoms with Crippen molar-refractivity contribution in [1.82, 2.24) is 0 Å². The molecule has 0 N–H and O–H groups in total. The summed E-state index contributed by atoms with van der Waals surface area (Å²) in [5.74, 6) is 0. The van der Waals surface area contributed by atoms with E-state index in [0.29, 0.717) is 6.42 Å². The van der Waals surface area contributed by atoms with E-state index in [1.807, 2.05) is 0 Å². The van der Waals surface area contributed by atoms with E-state index < -0.39 is 23.4 Å². The summed E-state index contributed by atoms with van der Waals surface area (Å²) in [6, 6.07) is 41.6. The zero-order valence-electron chi connectivity index (χ0n) is 25.3. The van der Waals surface area contributed by atoms with Crippen LogP contribution in [0.3, 0.4) is 0 Å². The second-order valence-corrected chi connectivity index (χ2v) is 12.7. The van der Waals surface area contributed by atoms with Crippen molar-refractivity contribution < 1.29 is 13.2 Å². The van der Waals surface area contributed by atoms with Crippen LogP contribution in [0.1, 0.15) is 84.4 Å². The van der Waals surface area contributed by atoms with Crippen LogP contribution in [0.25, 0.3) is 22.3 Å². The Morgan fingerprint density at radius 1 is 0.545 bits per heavy atom. The molecule has 0 amide bonds. The van der Waals surface area contributed by atoms with Crippen molar-refractivity contribution in [3.63, 3.8) is 0 Å². The average Bonchev–Trinajstić information content (AvgIpc) is 3.46. The largest absolute Gasteiger partial charge is 0.389 e. The standard InChI is InChI=1S/C41H37F3/c1-3-4-22-39(23-13-24-40(42,43)44)36-25-28(2)20-21-32(36)33-27-38-34(26-37(33)39)31-18-11-12-19-35(31)41(38,29-14-7-5-8-15-29)30-16-9-6-10-17-30/h5-12,14-21,25-27H,3-4,13,22-24H2,1-2H3. The molecule has 0 heterocycles. The van der Waals surface area contributed by atoms with Gasteiger partial charge >= 0.3 is 6.18 Å². The molecule has 2 aliphatic carbocycles. The van der Waals surface area contributed by atoms with Gasteiger partial charge in [-0.25, -0.2) is 0 Å². The van der Waals surface area contributed by atoms with Gasteiger partial charge in [0.25, 0.3) is 0 Å². The van der Waals surface area contributed by atoms with Gasteiger partial charge in [0.2, 0.25) is 0 Å². The first-order chi connectivity index (χ1) is 21.3. The molecule has 7 rings (SSSR count). The number of benzene rings is 5. The maximum absolute atomic E-state index is 13.5. The van der Waals surface area contributed by atoms with Crippen LogP contribution in [-0.4, -0.2) is 6.18 Å². The molecular weight excluding hydrogens is 549 g/mol. The number of unbranched alkanes of at least 4 members (excludes halogenated alkanes) is 1. The Morgan fingerprint density at radius 2 is 1.09 bits per heavy atom. The average molecular weight is 587 g/mol. The Balaban J connectivity index is 1.55. The molecule has 0 aliphatic heterocycles. The van der Waals surface area contributed by atoms with Crippen LogP contribution in [0.15, 0.2) is 115 Å². The van der Waals surface area contributed by atoms with Gasteiger partial charge in [-0.05, 0) is 94.0 Å². The number of halogens is 3. The Kier molecular flexibility index (Phi) is 7.03. The molecule has 5 aromatic rings. The van der Waals surface area contributed by atoms with Crippen molar-refractivity contribution in [2.24, 2.45) is 0 Å². The summed E-state index contributed by atoms with van der Waals surface area (Å²) in [6.07, 6.45) is -1.51. The van der Waals surface area contributed by atoms with Gasteiger partial charge in [0, 0.05) is 11.8 Å². The fourth-order valence-electron chi connectivity index (χ4n) is 8.27. The number of rotatable bonds is 8. The van der Waals surface area contributed by atoms with E-state index >= 15 is 0 Å². The first kappa shape index (κ1) is 28.6. The van der Waals surface area contributed by atoms with Gasteiger partial charge < -0.3 is 0 Å². The van der Waals surface area contributed by atoms with Gasteiger partial charge in [-0.1, -0.05) is 128 Å². The van der Waals surface area contributed by atoms with Gasteiger partial charge in [0.05, 0.1) is 5.41 Å². The van der Waals surface area contributed by atoms with Gasteiger partial charge in [0.1, 0.15) is 0 Å². The quantitative estimate of drug-likeness (QED) is 0.166. The molecule has 1 unspecified atom stereocenters. The molecule has 0 saturated carbocycles. The van der Waals surface area contributed by atoms with E-state index in [1.165, 1.54) is 55.6 Å². The summed E-state index contributed by atoms with van der Waals surface area (Å²) >= 11 is 0. The van der Waals surface area contributed by atoms with Crippen LogP contribution in [0.2, 0.25) is 0 Å². The van der Waals surface area contributed by atoms with Crippen molar-refractivity contribution in [2.45, 2.75) is 69.4 Å². The van der Waals surface area contributed by atoms with Crippen LogP contribution in [0.4, 0.5) is 13.2 Å². The molecular formula is C41H37F3. The van der Waals surface area contributed by atoms with Crippen LogP contribution < -0.4 is 0 Å². The topological polar surface area (TPSA) is 0 Å². The van der Waals surface area contributed by atoms with E-state index in [0.717, 1.165) is 24.8 Å². The molecule has 3 heteroatoms. The van der Waals surface area contributed by atoms with Crippen LogP contribution >= 0.6 is 0 Å². The normalized spacial score (nSPS) is 17.6. The number of aryl methyl sites for hydroxylation is 1. The lowest BCUT2D eigenvalue weighted by molar-refractivity contribution is -0.136. The molecule has 0 fully saturated rings. The first-order valence-electron chi connectivity index (χ1n) is 15.9. The summed E-state index contributed by atoms with van der Waals surface area (Å²) in [5.41, 5.74) is 12.2. The van der Waals surface area contributed by atoms with Crippen molar-refractivity contribution in [1.29, 1.82) is 0 Å². The smallest absolute Gasteiger partial charge is 0.171 e. The minimum atomic E-state index is -4.16. The van der Waals surface area contributed by atoms with E-state index in [4.69, 9.17) is 0 Å². The minimum Gasteiger partial charge on any atom is -0.171 e. The lowest BCUT2D eigenvalue weighted by Crippen LogP contribution is -2.29. The molecule has 0 bridgehead atoms. The molecule has 0 spiro atoms. The number of hydrogen-bond donors (Lipinski definition) is 0. The summed E-state index contributed by atoms with van der Waals surface area (Å²) in [6.45, 7) is 4.26. The van der Waals surface area contributed by atoms with E-state index in [1.54, 1.807) is 0 Å². The first-order valence-corrected chi connectivity index (χ1v) is 15.9. The van der Waals surface area contributed by atoms with Gasteiger partial charge in [0.15, 0.2) is 0 Å². The Labute approximate surface area is 258 Å². The van der Waals surface area contributed by atoms with Gasteiger partial charge in [-0.3, -0.25) is 0 Å². The molecule has 2 aliphatic rings. The maximum Gasteiger partial charge on any atom is 0.389 e. The van der Waals surface area contributed by atoms with Crippen LogP contribution in [0.5, 0.6) is 0 Å². The highest BCUT2D eigenvalue weighted by Crippen LogP contribution is 2.61. The fraction of sp³-hybridized carbons (Fsp3) is 0.268. The second kappa shape index (κ2) is 10.8. The van der Waals surface area contributed by atoms with Crippen molar-refractivity contribution in [2.75, 3.05) is 0 Å². The highest BCUT2D eigenvalue weighted by molar-refractivity contribution is 5.92. The molecule has 0 aromatic heterocycles. The predicted octanol–water partition coefficient (Wildman–Crippen LogP) is 11.5. The number of hydrogen-bond acceptors (Lipinski definition) is 0. The Morgan fingerprint density at radius 3 is 1.75 bits per heavy atom. The number of fused-ring (bicyclic) bond motifs is 6. The zero-order chi connectivity index (χ0) is 30.5. The fourth-order valence-corrected chi connectivity index (χ4v) is 8.27. The van der Waals surface area contributed by atoms with Gasteiger partial charge in [-0.2, -0.15) is 13.2 Å². The zero-order valence-corrected chi connectivity index (χ0v) is 25.3. The van der Waals surface area contributed by atoms with Crippen molar-refractivity contribution >= 4 is 0 Å². The van der Waals surface area contributed by atoms with Crippen molar-refractivity contribution in [3.05, 3.63) is 154 Å². The van der Waals surface area contributed by atoms with Crippen LogP contribution in [-0.2, 0) is 10.8 Å². The molecule has 0 nitrogen and oxygen atoms in total. The summed E-state index contributed by atoms with van der Waals surface area (Å²) in [4.78, 5) is 0. The lowest BCUT2D eigenvalue weighted by atomic mass is 9.67. The second-order valence-electron chi connectivity index (χ2n) is 12.7. The highest BCUT2D eigenvalue weighted by Gasteiger charge is 2.50. The van der Waals surface area contributed by atoms with Crippen molar-refractivity contribution in [3.8, 4) is 22.3 Å². The molecule has 44 heavy (non-hydrogen) atoms. The summed E-state index contributed by atoms with van der Waals surface area (Å²) in [7, 11) is 0. The Bertz CT molecular complexity index is 1780. The molecule has 5 aromatic carbocycles. The lowest BCUT2D eigenvalue weighted by Gasteiger charge is -2.35. The third-order valence-corrected chi connectivity index (χ3v) is 10.1. The van der Waals surface area contributed by atoms with E-state index in [9.17, 15) is 13.2 Å². The molecule has 1 atom stereocenters. The SMILES string of the molecule is CCCCC1(CCCC(F)(F)F)c2cc(C)ccc2-c2cc3c(cc21)-c1ccccc1C3(c1ccccc1)c1ccccc1. The van der Waals surface area contributed by atoms with Gasteiger partial charge in [-0.15, -0.1) is 0 Å². The third-order valence-electron chi connectivity index (χ3n) is 10.1. The molecule has 0 radical (unpaired) electrons. The highest BCUT2D eigenvalue weighted by atomic mass is 19.4. The van der Waals surface area contributed by atoms with E-state index in [-0.39, 0.29) is 6.42 Å².